The maximum Gasteiger partial charge on any atom is 0.219 e. The van der Waals surface area contributed by atoms with Crippen LogP contribution in [0.5, 0.6) is 5.75 Å². The molecule has 1 N–H and O–H groups in total. The third kappa shape index (κ3) is 6.29. The smallest absolute Gasteiger partial charge is 0.219 e. The molecule has 0 aliphatic carbocycles. The highest BCUT2D eigenvalue weighted by atomic mass is 16.3. The number of rotatable bonds is 7. The summed E-state index contributed by atoms with van der Waals surface area (Å²) in [4.78, 5) is 0. The number of para-hydroxylation sites is 1. The molecule has 0 saturated carbocycles. The molecule has 0 spiro atoms. The Labute approximate surface area is 313 Å². The van der Waals surface area contributed by atoms with Crippen molar-refractivity contribution in [3.63, 3.8) is 0 Å². The molecule has 0 fully saturated rings. The molecule has 1 aromatic heterocycles. The van der Waals surface area contributed by atoms with Crippen LogP contribution in [0.3, 0.4) is 0 Å². The Bertz CT molecular complexity index is 2460. The van der Waals surface area contributed by atoms with E-state index in [0.29, 0.717) is 0 Å². The van der Waals surface area contributed by atoms with E-state index in [1.165, 1.54) is 28.1 Å². The van der Waals surface area contributed by atoms with Gasteiger partial charge in [-0.2, -0.15) is 9.14 Å². The predicted octanol–water partition coefficient (Wildman–Crippen LogP) is 11.7. The lowest BCUT2D eigenvalue weighted by atomic mass is 9.81. The Hall–Kier alpha value is -6.32. The minimum absolute atomic E-state index is 0.198. The molecule has 1 aliphatic rings. The minimum atomic E-state index is -0.198. The fraction of sp³-hybridized carbons (Fsp3) is 0.120. The molecule has 258 valence electrons. The van der Waals surface area contributed by atoms with Gasteiger partial charge in [-0.1, -0.05) is 114 Å². The summed E-state index contributed by atoms with van der Waals surface area (Å²) in [5, 5.41) is 12.1. The van der Waals surface area contributed by atoms with Crippen molar-refractivity contribution >= 4 is 17.5 Å². The van der Waals surface area contributed by atoms with Gasteiger partial charge in [0.2, 0.25) is 22.8 Å². The molecule has 0 amide bonds. The van der Waals surface area contributed by atoms with Crippen LogP contribution in [0.25, 0.3) is 56.5 Å². The summed E-state index contributed by atoms with van der Waals surface area (Å²) in [6.45, 7) is 8.79. The molecule has 53 heavy (non-hydrogen) atoms. The van der Waals surface area contributed by atoms with E-state index in [2.05, 4.69) is 196 Å². The molecule has 0 saturated heterocycles. The van der Waals surface area contributed by atoms with Crippen molar-refractivity contribution in [1.29, 1.82) is 0 Å². The lowest BCUT2D eigenvalue weighted by Crippen LogP contribution is -2.36. The van der Waals surface area contributed by atoms with Gasteiger partial charge in [0.1, 0.15) is 12.8 Å². The number of aromatic hydroxyl groups is 1. The van der Waals surface area contributed by atoms with Gasteiger partial charge in [0, 0.05) is 64.2 Å². The number of hydrogen-bond acceptors (Lipinski definition) is 1. The quantitative estimate of drug-likeness (QED) is 0.166. The van der Waals surface area contributed by atoms with E-state index in [-0.39, 0.29) is 11.2 Å². The summed E-state index contributed by atoms with van der Waals surface area (Å²) in [5.41, 5.74) is 16.0. The second-order valence-corrected chi connectivity index (χ2v) is 14.7. The SMILES string of the molecule is Cc1ccc(-c2cc(-c3ccccc3)cc(-c3ccc(C)cc3)[n+]2-c2cc(/C=C\C3=[N+](C)c4ccccc4C3(C)C)c(O)c(-c3ccccc3)c2)cc1. The highest BCUT2D eigenvalue weighted by Crippen LogP contribution is 2.41. The van der Waals surface area contributed by atoms with E-state index in [1.807, 2.05) is 18.2 Å². The number of fused-ring (bicyclic) bond motifs is 1. The molecular formula is C50H44N2O+2. The number of phenolic OH excluding ortho intramolecular Hbond substituents is 1. The van der Waals surface area contributed by atoms with Crippen molar-refractivity contribution in [3.8, 4) is 56.2 Å². The van der Waals surface area contributed by atoms with Gasteiger partial charge < -0.3 is 5.11 Å². The number of benzene rings is 6. The number of allylic oxidation sites excluding steroid dienone is 1. The van der Waals surface area contributed by atoms with Crippen LogP contribution in [0.2, 0.25) is 0 Å². The van der Waals surface area contributed by atoms with Crippen molar-refractivity contribution in [1.82, 2.24) is 0 Å². The second-order valence-electron chi connectivity index (χ2n) is 14.7. The van der Waals surface area contributed by atoms with Gasteiger partial charge in [0.15, 0.2) is 5.71 Å². The topological polar surface area (TPSA) is 27.1 Å². The third-order valence-corrected chi connectivity index (χ3v) is 10.7. The molecule has 0 unspecified atom stereocenters. The molecule has 0 bridgehead atoms. The number of aromatic nitrogens is 1. The van der Waals surface area contributed by atoms with E-state index in [9.17, 15) is 5.11 Å². The van der Waals surface area contributed by atoms with Crippen LogP contribution in [0.4, 0.5) is 5.69 Å². The molecule has 8 rings (SSSR count). The van der Waals surface area contributed by atoms with Crippen molar-refractivity contribution < 1.29 is 14.2 Å². The van der Waals surface area contributed by atoms with Crippen molar-refractivity contribution in [2.24, 2.45) is 0 Å². The number of phenols is 1. The van der Waals surface area contributed by atoms with Crippen molar-refractivity contribution in [3.05, 3.63) is 186 Å². The van der Waals surface area contributed by atoms with Gasteiger partial charge in [-0.3, -0.25) is 0 Å². The Morgan fingerprint density at radius 2 is 1.06 bits per heavy atom. The van der Waals surface area contributed by atoms with Crippen molar-refractivity contribution in [2.75, 3.05) is 7.05 Å². The third-order valence-electron chi connectivity index (χ3n) is 10.7. The molecule has 0 radical (unpaired) electrons. The van der Waals surface area contributed by atoms with Crippen LogP contribution in [0.1, 0.15) is 36.1 Å². The van der Waals surface area contributed by atoms with Crippen LogP contribution >= 0.6 is 0 Å². The van der Waals surface area contributed by atoms with E-state index < -0.39 is 0 Å². The zero-order valence-corrected chi connectivity index (χ0v) is 31.0. The normalized spacial score (nSPS) is 13.5. The maximum atomic E-state index is 12.1. The van der Waals surface area contributed by atoms with Gasteiger partial charge in [-0.25, -0.2) is 0 Å². The maximum absolute atomic E-state index is 12.1. The second kappa shape index (κ2) is 13.7. The number of aryl methyl sites for hydroxylation is 2. The lowest BCUT2D eigenvalue weighted by Gasteiger charge is -2.16. The predicted molar refractivity (Wildman–Crippen MR) is 220 cm³/mol. The molecule has 7 aromatic rings. The van der Waals surface area contributed by atoms with E-state index >= 15 is 0 Å². The van der Waals surface area contributed by atoms with Gasteiger partial charge in [0.05, 0.1) is 5.41 Å². The van der Waals surface area contributed by atoms with Crippen molar-refractivity contribution in [2.45, 2.75) is 33.1 Å². The number of nitrogens with zero attached hydrogens (tertiary/aromatic N) is 2. The summed E-state index contributed by atoms with van der Waals surface area (Å²) < 4.78 is 4.63. The molecule has 2 heterocycles. The molecule has 3 nitrogen and oxygen atoms in total. The standard InChI is InChI=1S/C50H43N2O/c1-34-20-24-38(25-21-34)46-31-41(36-14-8-6-9-15-36)32-47(39-26-22-35(2)23-27-39)52(46)42-30-40(49(53)43(33-42)37-16-10-7-11-17-37)28-29-48-50(3,4)44-18-12-13-19-45(44)51(48)5/h6-33H,1-5H3/q+1/p+1. The Morgan fingerprint density at radius 3 is 1.62 bits per heavy atom. The first-order valence-electron chi connectivity index (χ1n) is 18.3. The molecule has 1 aliphatic heterocycles. The molecular weight excluding hydrogens is 645 g/mol. The van der Waals surface area contributed by atoms with Crippen LogP contribution in [0.15, 0.2) is 164 Å². The van der Waals surface area contributed by atoms with E-state index in [1.54, 1.807) is 0 Å². The molecule has 3 heteroatoms. The Morgan fingerprint density at radius 1 is 0.528 bits per heavy atom. The summed E-state index contributed by atoms with van der Waals surface area (Å²) in [7, 11) is 2.13. The van der Waals surface area contributed by atoms with E-state index in [0.717, 1.165) is 56.0 Å². The average Bonchev–Trinajstić information content (AvgIpc) is 3.38. The van der Waals surface area contributed by atoms with Gasteiger partial charge in [0.25, 0.3) is 0 Å². The largest absolute Gasteiger partial charge is 0.507 e. The summed E-state index contributed by atoms with van der Waals surface area (Å²) in [6, 6.07) is 55.8. The van der Waals surface area contributed by atoms with Crippen LogP contribution in [0, 0.1) is 13.8 Å². The summed E-state index contributed by atoms with van der Waals surface area (Å²) >= 11 is 0. The Balaban J connectivity index is 1.42. The van der Waals surface area contributed by atoms with Crippen LogP contribution in [-0.4, -0.2) is 22.4 Å². The molecule has 6 aromatic carbocycles. The monoisotopic (exact) mass is 688 g/mol. The first-order valence-corrected chi connectivity index (χ1v) is 18.3. The summed E-state index contributed by atoms with van der Waals surface area (Å²) in [5.74, 6) is 0.253. The first kappa shape index (κ1) is 33.8. The van der Waals surface area contributed by atoms with Gasteiger partial charge >= 0.3 is 0 Å². The lowest BCUT2D eigenvalue weighted by molar-refractivity contribution is -0.572. The van der Waals surface area contributed by atoms with E-state index in [4.69, 9.17) is 0 Å². The first-order chi connectivity index (χ1) is 25.7. The van der Waals surface area contributed by atoms with Gasteiger partial charge in [-0.15, -0.1) is 0 Å². The highest BCUT2D eigenvalue weighted by Gasteiger charge is 2.42. The fourth-order valence-electron chi connectivity index (χ4n) is 7.75. The van der Waals surface area contributed by atoms with Crippen LogP contribution in [-0.2, 0) is 5.41 Å². The number of hydrogen-bond donors (Lipinski definition) is 1. The molecule has 0 atom stereocenters. The average molecular weight is 689 g/mol. The highest BCUT2D eigenvalue weighted by molar-refractivity contribution is 6.05. The van der Waals surface area contributed by atoms with Crippen LogP contribution < -0.4 is 4.57 Å². The van der Waals surface area contributed by atoms with Gasteiger partial charge in [-0.05, 0) is 74.7 Å². The fourth-order valence-corrected chi connectivity index (χ4v) is 7.75. The Kier molecular flexibility index (Phi) is 8.72. The summed E-state index contributed by atoms with van der Waals surface area (Å²) in [6.07, 6.45) is 4.26. The number of pyridine rings is 1. The zero-order chi connectivity index (χ0) is 36.7. The zero-order valence-electron chi connectivity index (χ0n) is 31.0. The minimum Gasteiger partial charge on any atom is -0.507 e.